The molecule has 20 heavy (non-hydrogen) atoms. The van der Waals surface area contributed by atoms with E-state index in [0.29, 0.717) is 0 Å². The van der Waals surface area contributed by atoms with Gasteiger partial charge in [0.2, 0.25) is 0 Å². The summed E-state index contributed by atoms with van der Waals surface area (Å²) in [5.74, 6) is 0. The summed E-state index contributed by atoms with van der Waals surface area (Å²) in [5, 5.41) is 3.37. The smallest absolute Gasteiger partial charge is 0.0361 e. The first-order valence-electron chi connectivity index (χ1n) is 7.20. The van der Waals surface area contributed by atoms with Crippen LogP contribution < -0.4 is 10.2 Å². The average Bonchev–Trinajstić information content (AvgIpc) is 2.45. The highest BCUT2D eigenvalue weighted by Crippen LogP contribution is 2.26. The summed E-state index contributed by atoms with van der Waals surface area (Å²) in [6, 6.07) is 15.4. The standard InChI is InChI=1S/C18H24N2/c1-5-19-13-15-6-11-18(14(2)12-15)16-7-9-17(10-8-16)20(3)4/h6-12,19H,5,13H2,1-4H3. The van der Waals surface area contributed by atoms with Crippen LogP contribution in [0.25, 0.3) is 11.1 Å². The monoisotopic (exact) mass is 268 g/mol. The van der Waals surface area contributed by atoms with Crippen LogP contribution in [0.2, 0.25) is 0 Å². The van der Waals surface area contributed by atoms with Gasteiger partial charge in [-0.05, 0) is 47.9 Å². The van der Waals surface area contributed by atoms with Crippen LogP contribution in [-0.2, 0) is 6.54 Å². The van der Waals surface area contributed by atoms with Gasteiger partial charge in [0.1, 0.15) is 0 Å². The van der Waals surface area contributed by atoms with Crippen molar-refractivity contribution >= 4 is 5.69 Å². The van der Waals surface area contributed by atoms with E-state index in [-0.39, 0.29) is 0 Å². The molecular weight excluding hydrogens is 244 g/mol. The third-order valence-corrected chi connectivity index (χ3v) is 3.56. The zero-order valence-electron chi connectivity index (χ0n) is 12.9. The van der Waals surface area contributed by atoms with Gasteiger partial charge in [-0.2, -0.15) is 0 Å². The van der Waals surface area contributed by atoms with Crippen LogP contribution in [0.15, 0.2) is 42.5 Å². The second-order valence-corrected chi connectivity index (χ2v) is 5.37. The van der Waals surface area contributed by atoms with Gasteiger partial charge in [-0.25, -0.2) is 0 Å². The lowest BCUT2D eigenvalue weighted by Gasteiger charge is -2.14. The van der Waals surface area contributed by atoms with E-state index in [4.69, 9.17) is 0 Å². The number of hydrogen-bond donors (Lipinski definition) is 1. The van der Waals surface area contributed by atoms with E-state index in [2.05, 4.69) is 80.6 Å². The molecule has 2 aromatic rings. The third kappa shape index (κ3) is 3.40. The fraction of sp³-hybridized carbons (Fsp3) is 0.333. The number of nitrogens with one attached hydrogen (secondary N) is 1. The first-order chi connectivity index (χ1) is 9.61. The number of anilines is 1. The van der Waals surface area contributed by atoms with Crippen molar-refractivity contribution in [2.75, 3.05) is 25.5 Å². The van der Waals surface area contributed by atoms with Gasteiger partial charge in [-0.3, -0.25) is 0 Å². The highest BCUT2D eigenvalue weighted by molar-refractivity contribution is 5.69. The Labute approximate surface area is 122 Å². The minimum absolute atomic E-state index is 0.942. The van der Waals surface area contributed by atoms with Crippen LogP contribution in [0, 0.1) is 6.92 Å². The first-order valence-corrected chi connectivity index (χ1v) is 7.20. The topological polar surface area (TPSA) is 15.3 Å². The number of aryl methyl sites for hydroxylation is 1. The van der Waals surface area contributed by atoms with Gasteiger partial charge < -0.3 is 10.2 Å². The first kappa shape index (κ1) is 14.6. The number of nitrogens with zero attached hydrogens (tertiary/aromatic N) is 1. The molecule has 2 rings (SSSR count). The van der Waals surface area contributed by atoms with Crippen LogP contribution >= 0.6 is 0 Å². The van der Waals surface area contributed by atoms with Gasteiger partial charge in [0.05, 0.1) is 0 Å². The molecule has 0 aliphatic carbocycles. The summed E-state index contributed by atoms with van der Waals surface area (Å²) in [7, 11) is 4.13. The average molecular weight is 268 g/mol. The number of benzene rings is 2. The molecule has 0 aliphatic rings. The Morgan fingerprint density at radius 1 is 1.00 bits per heavy atom. The Morgan fingerprint density at radius 3 is 2.25 bits per heavy atom. The zero-order chi connectivity index (χ0) is 14.5. The van der Waals surface area contributed by atoms with Crippen molar-refractivity contribution in [1.82, 2.24) is 5.32 Å². The third-order valence-electron chi connectivity index (χ3n) is 3.56. The van der Waals surface area contributed by atoms with Crippen molar-refractivity contribution in [2.45, 2.75) is 20.4 Å². The van der Waals surface area contributed by atoms with Gasteiger partial charge in [0, 0.05) is 26.3 Å². The molecule has 106 valence electrons. The summed E-state index contributed by atoms with van der Waals surface area (Å²) in [4.78, 5) is 2.12. The van der Waals surface area contributed by atoms with Crippen molar-refractivity contribution in [3.05, 3.63) is 53.6 Å². The highest BCUT2D eigenvalue weighted by Gasteiger charge is 2.04. The van der Waals surface area contributed by atoms with Crippen molar-refractivity contribution in [3.63, 3.8) is 0 Å². The van der Waals surface area contributed by atoms with E-state index in [0.717, 1.165) is 13.1 Å². The lowest BCUT2D eigenvalue weighted by molar-refractivity contribution is 0.726. The van der Waals surface area contributed by atoms with Gasteiger partial charge in [-0.15, -0.1) is 0 Å². The van der Waals surface area contributed by atoms with Crippen molar-refractivity contribution in [1.29, 1.82) is 0 Å². The van der Waals surface area contributed by atoms with Gasteiger partial charge in [-0.1, -0.05) is 37.3 Å². The Hall–Kier alpha value is -1.80. The van der Waals surface area contributed by atoms with Crippen LogP contribution in [0.5, 0.6) is 0 Å². The highest BCUT2D eigenvalue weighted by atomic mass is 15.1. The van der Waals surface area contributed by atoms with Crippen LogP contribution in [0.4, 0.5) is 5.69 Å². The van der Waals surface area contributed by atoms with E-state index in [1.165, 1.54) is 27.9 Å². The molecule has 0 saturated carbocycles. The quantitative estimate of drug-likeness (QED) is 0.886. The van der Waals surface area contributed by atoms with Crippen molar-refractivity contribution in [3.8, 4) is 11.1 Å². The Kier molecular flexibility index (Phi) is 4.80. The SMILES string of the molecule is CCNCc1ccc(-c2ccc(N(C)C)cc2)c(C)c1. The van der Waals surface area contributed by atoms with E-state index < -0.39 is 0 Å². The molecule has 0 fully saturated rings. The van der Waals surface area contributed by atoms with Crippen LogP contribution in [0.1, 0.15) is 18.1 Å². The Bertz CT molecular complexity index is 556. The van der Waals surface area contributed by atoms with Crippen molar-refractivity contribution in [2.24, 2.45) is 0 Å². The summed E-state index contributed by atoms with van der Waals surface area (Å²) in [5.41, 5.74) is 6.50. The molecule has 0 aromatic heterocycles. The Balaban J connectivity index is 2.24. The molecular formula is C18H24N2. The molecule has 2 heteroatoms. The van der Waals surface area contributed by atoms with Crippen LogP contribution in [0.3, 0.4) is 0 Å². The van der Waals surface area contributed by atoms with Gasteiger partial charge in [0.25, 0.3) is 0 Å². The lowest BCUT2D eigenvalue weighted by atomic mass is 9.98. The molecule has 1 N–H and O–H groups in total. The van der Waals surface area contributed by atoms with E-state index in [1.54, 1.807) is 0 Å². The predicted octanol–water partition coefficient (Wildman–Crippen LogP) is 3.84. The zero-order valence-corrected chi connectivity index (χ0v) is 12.9. The van der Waals surface area contributed by atoms with Gasteiger partial charge in [0.15, 0.2) is 0 Å². The summed E-state index contributed by atoms with van der Waals surface area (Å²) in [6.07, 6.45) is 0. The number of hydrogen-bond acceptors (Lipinski definition) is 2. The summed E-state index contributed by atoms with van der Waals surface area (Å²) in [6.45, 7) is 6.27. The molecule has 2 nitrogen and oxygen atoms in total. The van der Waals surface area contributed by atoms with E-state index >= 15 is 0 Å². The lowest BCUT2D eigenvalue weighted by Crippen LogP contribution is -2.11. The largest absolute Gasteiger partial charge is 0.378 e. The maximum atomic E-state index is 3.37. The maximum absolute atomic E-state index is 3.37. The molecule has 0 saturated heterocycles. The fourth-order valence-electron chi connectivity index (χ4n) is 2.37. The molecule has 2 aromatic carbocycles. The normalized spacial score (nSPS) is 10.6. The summed E-state index contributed by atoms with van der Waals surface area (Å²) >= 11 is 0. The molecule has 0 atom stereocenters. The molecule has 0 heterocycles. The second kappa shape index (κ2) is 6.58. The number of rotatable bonds is 5. The minimum Gasteiger partial charge on any atom is -0.378 e. The van der Waals surface area contributed by atoms with E-state index in [1.807, 2.05) is 0 Å². The molecule has 0 radical (unpaired) electrons. The van der Waals surface area contributed by atoms with E-state index in [9.17, 15) is 0 Å². The minimum atomic E-state index is 0.942. The summed E-state index contributed by atoms with van der Waals surface area (Å²) < 4.78 is 0. The van der Waals surface area contributed by atoms with Gasteiger partial charge >= 0.3 is 0 Å². The molecule has 0 amide bonds. The predicted molar refractivity (Wildman–Crippen MR) is 88.3 cm³/mol. The molecule has 0 bridgehead atoms. The molecule has 0 spiro atoms. The van der Waals surface area contributed by atoms with Crippen LogP contribution in [-0.4, -0.2) is 20.6 Å². The fourth-order valence-corrected chi connectivity index (χ4v) is 2.37. The second-order valence-electron chi connectivity index (χ2n) is 5.37. The van der Waals surface area contributed by atoms with Crippen molar-refractivity contribution < 1.29 is 0 Å². The Morgan fingerprint density at radius 2 is 1.70 bits per heavy atom. The molecule has 0 aliphatic heterocycles. The maximum Gasteiger partial charge on any atom is 0.0361 e. The molecule has 0 unspecified atom stereocenters.